The van der Waals surface area contributed by atoms with Crippen LogP contribution in [-0.4, -0.2) is 5.16 Å². The molecule has 0 bridgehead atoms. The van der Waals surface area contributed by atoms with Crippen LogP contribution in [0.1, 0.15) is 11.3 Å². The molecule has 0 atom stereocenters. The Labute approximate surface area is 87.5 Å². The topological polar surface area (TPSA) is 26.0 Å². The minimum Gasteiger partial charge on any atom is -0.361 e. The third-order valence-electron chi connectivity index (χ3n) is 2.27. The molecule has 0 saturated heterocycles. The van der Waals surface area contributed by atoms with E-state index in [9.17, 15) is 0 Å². The molecular formula is C11H10ClNO. The van der Waals surface area contributed by atoms with Crippen molar-refractivity contribution in [3.8, 4) is 11.3 Å². The molecule has 0 N–H and O–H groups in total. The van der Waals surface area contributed by atoms with Gasteiger partial charge in [0.15, 0.2) is 0 Å². The van der Waals surface area contributed by atoms with Crippen molar-refractivity contribution in [3.63, 3.8) is 0 Å². The van der Waals surface area contributed by atoms with Crippen LogP contribution in [-0.2, 0) is 0 Å². The van der Waals surface area contributed by atoms with E-state index in [1.807, 2.05) is 38.1 Å². The number of rotatable bonds is 1. The molecule has 2 rings (SSSR count). The fourth-order valence-electron chi connectivity index (χ4n) is 1.29. The predicted octanol–water partition coefficient (Wildman–Crippen LogP) is 3.61. The van der Waals surface area contributed by atoms with Crippen LogP contribution in [0.25, 0.3) is 11.3 Å². The number of hydrogen-bond acceptors (Lipinski definition) is 2. The average molecular weight is 208 g/mol. The molecule has 14 heavy (non-hydrogen) atoms. The third-order valence-corrected chi connectivity index (χ3v) is 2.53. The first kappa shape index (κ1) is 9.28. The van der Waals surface area contributed by atoms with Crippen molar-refractivity contribution in [3.05, 3.63) is 40.6 Å². The van der Waals surface area contributed by atoms with Crippen molar-refractivity contribution in [1.82, 2.24) is 5.16 Å². The molecule has 1 heterocycles. The maximum Gasteiger partial charge on any atom is 0.137 e. The molecule has 2 aromatic rings. The zero-order valence-corrected chi connectivity index (χ0v) is 8.80. The lowest BCUT2D eigenvalue weighted by molar-refractivity contribution is 0.398. The highest BCUT2D eigenvalue weighted by Gasteiger charge is 2.09. The zero-order valence-electron chi connectivity index (χ0n) is 8.04. The quantitative estimate of drug-likeness (QED) is 0.714. The van der Waals surface area contributed by atoms with Gasteiger partial charge in [-0.25, -0.2) is 0 Å². The number of hydrogen-bond donors (Lipinski definition) is 0. The second-order valence-corrected chi connectivity index (χ2v) is 3.66. The second-order valence-electron chi connectivity index (χ2n) is 3.22. The molecule has 0 radical (unpaired) electrons. The Hall–Kier alpha value is -1.28. The van der Waals surface area contributed by atoms with E-state index in [1.54, 1.807) is 0 Å². The van der Waals surface area contributed by atoms with Gasteiger partial charge in [0.25, 0.3) is 0 Å². The summed E-state index contributed by atoms with van der Waals surface area (Å²) in [7, 11) is 0. The predicted molar refractivity (Wildman–Crippen MR) is 56.4 cm³/mol. The normalized spacial score (nSPS) is 10.5. The summed E-state index contributed by atoms with van der Waals surface area (Å²) in [6.07, 6.45) is 0. The molecule has 2 nitrogen and oxygen atoms in total. The first-order chi connectivity index (χ1) is 6.68. The molecule has 0 aliphatic carbocycles. The molecule has 0 aliphatic heterocycles. The van der Waals surface area contributed by atoms with Crippen LogP contribution in [0.4, 0.5) is 0 Å². The van der Waals surface area contributed by atoms with E-state index < -0.39 is 0 Å². The molecule has 3 heteroatoms. The van der Waals surface area contributed by atoms with Gasteiger partial charge in [0.2, 0.25) is 0 Å². The highest BCUT2D eigenvalue weighted by atomic mass is 35.5. The fourth-order valence-corrected chi connectivity index (χ4v) is 1.42. The minimum atomic E-state index is 0.728. The van der Waals surface area contributed by atoms with Gasteiger partial charge in [0.05, 0.1) is 0 Å². The van der Waals surface area contributed by atoms with Crippen molar-refractivity contribution in [1.29, 1.82) is 0 Å². The highest BCUT2D eigenvalue weighted by molar-refractivity contribution is 6.30. The summed E-state index contributed by atoms with van der Waals surface area (Å²) in [5, 5.41) is 4.73. The summed E-state index contributed by atoms with van der Waals surface area (Å²) in [5.41, 5.74) is 3.00. The Kier molecular flexibility index (Phi) is 2.30. The van der Waals surface area contributed by atoms with E-state index >= 15 is 0 Å². The fraction of sp³-hybridized carbons (Fsp3) is 0.182. The summed E-state index contributed by atoms with van der Waals surface area (Å²) in [6.45, 7) is 3.90. The van der Waals surface area contributed by atoms with Gasteiger partial charge in [-0.3, -0.25) is 0 Å². The van der Waals surface area contributed by atoms with Gasteiger partial charge in [0.1, 0.15) is 11.5 Å². The maximum atomic E-state index is 5.80. The van der Waals surface area contributed by atoms with Crippen molar-refractivity contribution >= 4 is 11.6 Å². The van der Waals surface area contributed by atoms with Crippen LogP contribution in [0.5, 0.6) is 0 Å². The van der Waals surface area contributed by atoms with Crippen LogP contribution >= 0.6 is 11.6 Å². The molecule has 1 aromatic carbocycles. The molecule has 0 amide bonds. The Morgan fingerprint density at radius 1 is 1.14 bits per heavy atom. The van der Waals surface area contributed by atoms with E-state index in [-0.39, 0.29) is 0 Å². The van der Waals surface area contributed by atoms with Gasteiger partial charge in [-0.15, -0.1) is 0 Å². The highest BCUT2D eigenvalue weighted by Crippen LogP contribution is 2.25. The summed E-state index contributed by atoms with van der Waals surface area (Å²) in [5.74, 6) is 0.856. The number of aromatic nitrogens is 1. The van der Waals surface area contributed by atoms with Gasteiger partial charge in [-0.2, -0.15) is 0 Å². The standard InChI is InChI=1S/C11H10ClNO/c1-7-8(2)14-13-11(7)9-3-5-10(12)6-4-9/h3-6H,1-2H3. The van der Waals surface area contributed by atoms with Crippen molar-refractivity contribution in [2.75, 3.05) is 0 Å². The molecule has 0 aliphatic rings. The molecular weight excluding hydrogens is 198 g/mol. The van der Waals surface area contributed by atoms with Gasteiger partial charge < -0.3 is 4.52 Å². The Bertz CT molecular complexity index is 445. The van der Waals surface area contributed by atoms with Crippen molar-refractivity contribution in [2.24, 2.45) is 0 Å². The first-order valence-corrected chi connectivity index (χ1v) is 4.75. The van der Waals surface area contributed by atoms with Crippen LogP contribution in [0, 0.1) is 13.8 Å². The largest absolute Gasteiger partial charge is 0.361 e. The van der Waals surface area contributed by atoms with Gasteiger partial charge in [0, 0.05) is 16.1 Å². The average Bonchev–Trinajstić information content (AvgIpc) is 2.50. The lowest BCUT2D eigenvalue weighted by Gasteiger charge is -1.97. The zero-order chi connectivity index (χ0) is 10.1. The third kappa shape index (κ3) is 1.53. The number of nitrogens with zero attached hydrogens (tertiary/aromatic N) is 1. The van der Waals surface area contributed by atoms with Crippen LogP contribution < -0.4 is 0 Å². The van der Waals surface area contributed by atoms with Gasteiger partial charge in [-0.05, 0) is 26.0 Å². The number of aryl methyl sites for hydroxylation is 1. The first-order valence-electron chi connectivity index (χ1n) is 4.37. The lowest BCUT2D eigenvalue weighted by atomic mass is 10.1. The van der Waals surface area contributed by atoms with Crippen molar-refractivity contribution < 1.29 is 4.52 Å². The van der Waals surface area contributed by atoms with Crippen LogP contribution in [0.3, 0.4) is 0 Å². The Morgan fingerprint density at radius 3 is 2.29 bits per heavy atom. The second kappa shape index (κ2) is 3.46. The van der Waals surface area contributed by atoms with E-state index in [2.05, 4.69) is 5.16 Å². The Morgan fingerprint density at radius 2 is 1.79 bits per heavy atom. The molecule has 0 fully saturated rings. The van der Waals surface area contributed by atoms with Gasteiger partial charge in [-0.1, -0.05) is 28.9 Å². The van der Waals surface area contributed by atoms with Crippen molar-refractivity contribution in [2.45, 2.75) is 13.8 Å². The summed E-state index contributed by atoms with van der Waals surface area (Å²) in [6, 6.07) is 7.57. The molecule has 1 aromatic heterocycles. The minimum absolute atomic E-state index is 0.728. The van der Waals surface area contributed by atoms with E-state index in [0.29, 0.717) is 0 Å². The van der Waals surface area contributed by atoms with Gasteiger partial charge >= 0.3 is 0 Å². The van der Waals surface area contributed by atoms with Crippen LogP contribution in [0.15, 0.2) is 28.8 Å². The molecule has 0 saturated carbocycles. The molecule has 0 unspecified atom stereocenters. The van der Waals surface area contributed by atoms with E-state index in [0.717, 1.165) is 27.6 Å². The molecule has 72 valence electrons. The monoisotopic (exact) mass is 207 g/mol. The number of halogens is 1. The Balaban J connectivity index is 2.49. The molecule has 0 spiro atoms. The lowest BCUT2D eigenvalue weighted by Crippen LogP contribution is -1.80. The van der Waals surface area contributed by atoms with E-state index in [4.69, 9.17) is 16.1 Å². The summed E-state index contributed by atoms with van der Waals surface area (Å²) < 4.78 is 5.10. The SMILES string of the molecule is Cc1onc(-c2ccc(Cl)cc2)c1C. The van der Waals surface area contributed by atoms with Crippen LogP contribution in [0.2, 0.25) is 5.02 Å². The summed E-state index contributed by atoms with van der Waals surface area (Å²) in [4.78, 5) is 0. The number of benzene rings is 1. The smallest absolute Gasteiger partial charge is 0.137 e. The maximum absolute atomic E-state index is 5.80. The summed E-state index contributed by atoms with van der Waals surface area (Å²) >= 11 is 5.80. The van der Waals surface area contributed by atoms with E-state index in [1.165, 1.54) is 0 Å².